The fraction of sp³-hybridized carbons (Fsp3) is 0.462. The summed E-state index contributed by atoms with van der Waals surface area (Å²) < 4.78 is 6.77. The fourth-order valence-corrected chi connectivity index (χ4v) is 2.68. The summed E-state index contributed by atoms with van der Waals surface area (Å²) in [5.74, 6) is -0.651. The summed E-state index contributed by atoms with van der Waals surface area (Å²) in [5.41, 5.74) is 1.57. The number of ether oxygens (including phenoxy) is 1. The van der Waals surface area contributed by atoms with Gasteiger partial charge in [-0.2, -0.15) is 0 Å². The summed E-state index contributed by atoms with van der Waals surface area (Å²) >= 11 is 3.42. The Morgan fingerprint density at radius 3 is 2.76 bits per heavy atom. The Balaban J connectivity index is 2.52. The zero-order chi connectivity index (χ0) is 12.8. The lowest BCUT2D eigenvalue weighted by Gasteiger charge is -2.19. The highest BCUT2D eigenvalue weighted by Crippen LogP contribution is 2.42. The first kappa shape index (κ1) is 12.4. The van der Waals surface area contributed by atoms with Gasteiger partial charge >= 0.3 is 5.97 Å². The highest BCUT2D eigenvalue weighted by Gasteiger charge is 2.34. The van der Waals surface area contributed by atoms with Gasteiger partial charge in [0, 0.05) is 16.5 Å². The van der Waals surface area contributed by atoms with Gasteiger partial charge in [0.15, 0.2) is 0 Å². The molecule has 4 heteroatoms. The van der Waals surface area contributed by atoms with Gasteiger partial charge in [-0.3, -0.25) is 4.79 Å². The lowest BCUT2D eigenvalue weighted by atomic mass is 9.95. The molecule has 1 atom stereocenters. The SMILES string of the molecule is CC(C(=O)O)c1cc(Br)cc2c1OC(C)(C)C2. The van der Waals surface area contributed by atoms with Gasteiger partial charge in [0.25, 0.3) is 0 Å². The van der Waals surface area contributed by atoms with Gasteiger partial charge in [-0.1, -0.05) is 15.9 Å². The van der Waals surface area contributed by atoms with Crippen molar-refractivity contribution in [2.24, 2.45) is 0 Å². The molecule has 0 bridgehead atoms. The molecule has 17 heavy (non-hydrogen) atoms. The van der Waals surface area contributed by atoms with Crippen molar-refractivity contribution < 1.29 is 14.6 Å². The number of benzene rings is 1. The summed E-state index contributed by atoms with van der Waals surface area (Å²) in [5, 5.41) is 9.12. The Morgan fingerprint density at radius 2 is 2.18 bits per heavy atom. The molecule has 0 saturated carbocycles. The number of hydrogen-bond donors (Lipinski definition) is 1. The quantitative estimate of drug-likeness (QED) is 0.911. The van der Waals surface area contributed by atoms with Gasteiger partial charge in [-0.25, -0.2) is 0 Å². The van der Waals surface area contributed by atoms with Crippen LogP contribution in [0.1, 0.15) is 37.8 Å². The predicted octanol–water partition coefficient (Wildman–Crippen LogP) is 3.35. The molecule has 3 nitrogen and oxygen atoms in total. The van der Waals surface area contributed by atoms with Crippen molar-refractivity contribution >= 4 is 21.9 Å². The first-order valence-electron chi connectivity index (χ1n) is 5.54. The molecular formula is C13H15BrO3. The molecule has 1 aromatic rings. The van der Waals surface area contributed by atoms with Crippen LogP contribution in [-0.2, 0) is 11.2 Å². The number of fused-ring (bicyclic) bond motifs is 1. The number of carboxylic acids is 1. The molecular weight excluding hydrogens is 284 g/mol. The van der Waals surface area contributed by atoms with Crippen LogP contribution in [0.4, 0.5) is 0 Å². The third-order valence-corrected chi connectivity index (χ3v) is 3.45. The molecule has 1 aromatic carbocycles. The van der Waals surface area contributed by atoms with Crippen LogP contribution in [0.2, 0.25) is 0 Å². The Kier molecular flexibility index (Phi) is 2.94. The van der Waals surface area contributed by atoms with E-state index in [1.165, 1.54) is 0 Å². The summed E-state index contributed by atoms with van der Waals surface area (Å²) in [6, 6.07) is 3.83. The normalized spacial score (nSPS) is 18.4. The van der Waals surface area contributed by atoms with Gasteiger partial charge < -0.3 is 9.84 Å². The molecule has 92 valence electrons. The topological polar surface area (TPSA) is 46.5 Å². The van der Waals surface area contributed by atoms with Crippen molar-refractivity contribution in [1.29, 1.82) is 0 Å². The van der Waals surface area contributed by atoms with Crippen LogP contribution in [0, 0.1) is 0 Å². The van der Waals surface area contributed by atoms with Crippen molar-refractivity contribution in [2.45, 2.75) is 38.7 Å². The van der Waals surface area contributed by atoms with Gasteiger partial charge in [-0.15, -0.1) is 0 Å². The molecule has 0 aliphatic carbocycles. The van der Waals surface area contributed by atoms with Gasteiger partial charge in [0.2, 0.25) is 0 Å². The van der Waals surface area contributed by atoms with Crippen LogP contribution in [0.15, 0.2) is 16.6 Å². The smallest absolute Gasteiger partial charge is 0.310 e. The van der Waals surface area contributed by atoms with E-state index < -0.39 is 11.9 Å². The average molecular weight is 299 g/mol. The van der Waals surface area contributed by atoms with E-state index in [9.17, 15) is 4.79 Å². The molecule has 2 rings (SSSR count). The lowest BCUT2D eigenvalue weighted by Crippen LogP contribution is -2.25. The number of rotatable bonds is 2. The largest absolute Gasteiger partial charge is 0.487 e. The molecule has 1 aliphatic heterocycles. The highest BCUT2D eigenvalue weighted by molar-refractivity contribution is 9.10. The third-order valence-electron chi connectivity index (χ3n) is 2.99. The number of halogens is 1. The number of carboxylic acid groups (broad SMARTS) is 1. The lowest BCUT2D eigenvalue weighted by molar-refractivity contribution is -0.138. The molecule has 1 N–H and O–H groups in total. The summed E-state index contributed by atoms with van der Waals surface area (Å²) in [4.78, 5) is 11.1. The van der Waals surface area contributed by atoms with Crippen LogP contribution in [0.3, 0.4) is 0 Å². The molecule has 1 aliphatic rings. The van der Waals surface area contributed by atoms with Crippen molar-refractivity contribution in [1.82, 2.24) is 0 Å². The predicted molar refractivity (Wildman–Crippen MR) is 68.6 cm³/mol. The van der Waals surface area contributed by atoms with Crippen molar-refractivity contribution in [3.05, 3.63) is 27.7 Å². The number of carbonyl (C=O) groups is 1. The average Bonchev–Trinajstić information content (AvgIpc) is 2.49. The summed E-state index contributed by atoms with van der Waals surface area (Å²) in [6.07, 6.45) is 0.807. The van der Waals surface area contributed by atoms with Crippen LogP contribution < -0.4 is 4.74 Å². The van der Waals surface area contributed by atoms with E-state index in [0.717, 1.165) is 27.8 Å². The second-order valence-corrected chi connectivity index (χ2v) is 6.00. The maximum atomic E-state index is 11.1. The van der Waals surface area contributed by atoms with E-state index >= 15 is 0 Å². The molecule has 1 heterocycles. The molecule has 0 fully saturated rings. The Bertz CT molecular complexity index is 480. The number of hydrogen-bond acceptors (Lipinski definition) is 2. The maximum absolute atomic E-state index is 11.1. The van der Waals surface area contributed by atoms with Crippen molar-refractivity contribution in [3.63, 3.8) is 0 Å². The van der Waals surface area contributed by atoms with Crippen molar-refractivity contribution in [3.8, 4) is 5.75 Å². The van der Waals surface area contributed by atoms with E-state index in [4.69, 9.17) is 9.84 Å². The highest BCUT2D eigenvalue weighted by atomic mass is 79.9. The van der Waals surface area contributed by atoms with E-state index in [2.05, 4.69) is 15.9 Å². The molecule has 0 aromatic heterocycles. The van der Waals surface area contributed by atoms with E-state index in [1.807, 2.05) is 26.0 Å². The third kappa shape index (κ3) is 2.32. The van der Waals surface area contributed by atoms with Crippen LogP contribution >= 0.6 is 15.9 Å². The van der Waals surface area contributed by atoms with Crippen LogP contribution in [0.5, 0.6) is 5.75 Å². The van der Waals surface area contributed by atoms with E-state index in [-0.39, 0.29) is 5.60 Å². The van der Waals surface area contributed by atoms with Gasteiger partial charge in [0.05, 0.1) is 5.92 Å². The van der Waals surface area contributed by atoms with Crippen LogP contribution in [0.25, 0.3) is 0 Å². The van der Waals surface area contributed by atoms with Gasteiger partial charge in [-0.05, 0) is 38.5 Å². The second-order valence-electron chi connectivity index (χ2n) is 5.08. The number of aliphatic carboxylic acids is 1. The first-order chi connectivity index (χ1) is 7.80. The standard InChI is InChI=1S/C13H15BrO3/c1-7(12(15)16)10-5-9(14)4-8-6-13(2,3)17-11(8)10/h4-5,7H,6H2,1-3H3,(H,15,16). The molecule has 0 amide bonds. The second kappa shape index (κ2) is 4.02. The Labute approximate surface area is 109 Å². The minimum atomic E-state index is -0.835. The monoisotopic (exact) mass is 298 g/mol. The summed E-state index contributed by atoms with van der Waals surface area (Å²) in [7, 11) is 0. The first-order valence-corrected chi connectivity index (χ1v) is 6.33. The molecule has 0 spiro atoms. The van der Waals surface area contributed by atoms with Gasteiger partial charge in [0.1, 0.15) is 11.4 Å². The minimum absolute atomic E-state index is 0.254. The Hall–Kier alpha value is -1.03. The molecule has 1 unspecified atom stereocenters. The maximum Gasteiger partial charge on any atom is 0.310 e. The molecule has 0 radical (unpaired) electrons. The summed E-state index contributed by atoms with van der Waals surface area (Å²) in [6.45, 7) is 5.70. The zero-order valence-corrected chi connectivity index (χ0v) is 11.7. The zero-order valence-electron chi connectivity index (χ0n) is 10.1. The Morgan fingerprint density at radius 1 is 1.53 bits per heavy atom. The van der Waals surface area contributed by atoms with E-state index in [0.29, 0.717) is 0 Å². The van der Waals surface area contributed by atoms with E-state index in [1.54, 1.807) is 6.92 Å². The van der Waals surface area contributed by atoms with Crippen LogP contribution in [-0.4, -0.2) is 16.7 Å². The minimum Gasteiger partial charge on any atom is -0.487 e. The van der Waals surface area contributed by atoms with Crippen molar-refractivity contribution in [2.75, 3.05) is 0 Å². The molecule has 0 saturated heterocycles. The fourth-order valence-electron chi connectivity index (χ4n) is 2.15.